The number of carbonyl (C=O) groups is 1. The summed E-state index contributed by atoms with van der Waals surface area (Å²) in [7, 11) is -4.16. The maximum Gasteiger partial charge on any atom is 0.338 e. The van der Waals surface area contributed by atoms with Gasteiger partial charge in [0.2, 0.25) is 10.0 Å². The summed E-state index contributed by atoms with van der Waals surface area (Å²) < 4.78 is 27.5. The quantitative estimate of drug-likeness (QED) is 0.492. The van der Waals surface area contributed by atoms with E-state index in [0.29, 0.717) is 6.42 Å². The minimum Gasteiger partial charge on any atom is -0.462 e. The first-order valence-electron chi connectivity index (χ1n) is 5.67. The first kappa shape index (κ1) is 16.1. The Balaban J connectivity index is 3.46. The van der Waals surface area contributed by atoms with Gasteiger partial charge in [-0.1, -0.05) is 6.92 Å². The minimum atomic E-state index is -4.16. The van der Waals surface area contributed by atoms with Crippen molar-refractivity contribution < 1.29 is 22.9 Å². The molecule has 0 aliphatic rings. The van der Waals surface area contributed by atoms with E-state index in [0.717, 1.165) is 12.1 Å². The fourth-order valence-electron chi connectivity index (χ4n) is 1.51. The Kier molecular flexibility index (Phi) is 4.79. The third-order valence-electron chi connectivity index (χ3n) is 2.54. The second-order valence-electron chi connectivity index (χ2n) is 4.05. The molecule has 0 amide bonds. The zero-order valence-corrected chi connectivity index (χ0v) is 11.8. The van der Waals surface area contributed by atoms with E-state index < -0.39 is 31.5 Å². The second-order valence-corrected chi connectivity index (χ2v) is 5.61. The predicted molar refractivity (Wildman–Crippen MR) is 69.8 cm³/mol. The van der Waals surface area contributed by atoms with Crippen LogP contribution in [-0.2, 0) is 14.8 Å². The Hall–Kier alpha value is -2.00. The van der Waals surface area contributed by atoms with Crippen LogP contribution in [0.5, 0.6) is 0 Å². The van der Waals surface area contributed by atoms with Crippen LogP contribution >= 0.6 is 0 Å². The van der Waals surface area contributed by atoms with Crippen molar-refractivity contribution in [2.75, 3.05) is 6.61 Å². The first-order valence-corrected chi connectivity index (χ1v) is 7.22. The molecule has 8 nitrogen and oxygen atoms in total. The normalized spacial score (nSPS) is 11.2. The van der Waals surface area contributed by atoms with Crippen LogP contribution in [0.1, 0.15) is 29.3 Å². The van der Waals surface area contributed by atoms with Crippen LogP contribution in [0.25, 0.3) is 0 Å². The van der Waals surface area contributed by atoms with Crippen molar-refractivity contribution >= 4 is 21.7 Å². The van der Waals surface area contributed by atoms with Crippen LogP contribution in [0.15, 0.2) is 17.0 Å². The predicted octanol–water partition coefficient (Wildman–Crippen LogP) is 1.12. The summed E-state index contributed by atoms with van der Waals surface area (Å²) >= 11 is 0. The number of sulfonamides is 1. The topological polar surface area (TPSA) is 130 Å². The number of hydrogen-bond donors (Lipinski definition) is 1. The molecule has 0 aliphatic carbocycles. The standard InChI is InChI=1S/C11H14N2O6S/c1-3-4-19-11(14)9-5-8(20(12,17)18)6-10(7(9)2)13(15)16/h5-6H,3-4H2,1-2H3,(H2,12,17,18). The zero-order chi connectivity index (χ0) is 15.5. The highest BCUT2D eigenvalue weighted by Gasteiger charge is 2.24. The molecular formula is C11H14N2O6S. The monoisotopic (exact) mass is 302 g/mol. The van der Waals surface area contributed by atoms with Gasteiger partial charge in [0.25, 0.3) is 5.69 Å². The summed E-state index contributed by atoms with van der Waals surface area (Å²) in [6.45, 7) is 3.25. The molecular weight excluding hydrogens is 288 g/mol. The highest BCUT2D eigenvalue weighted by Crippen LogP contribution is 2.26. The number of rotatable bonds is 5. The number of hydrogen-bond acceptors (Lipinski definition) is 6. The number of benzene rings is 1. The lowest BCUT2D eigenvalue weighted by atomic mass is 10.1. The number of nitro groups is 1. The van der Waals surface area contributed by atoms with Crippen LogP contribution in [-0.4, -0.2) is 25.9 Å². The fraction of sp³-hybridized carbons (Fsp3) is 0.364. The van der Waals surface area contributed by atoms with Crippen molar-refractivity contribution in [2.45, 2.75) is 25.2 Å². The average molecular weight is 302 g/mol. The average Bonchev–Trinajstić information content (AvgIpc) is 2.34. The lowest BCUT2D eigenvalue weighted by molar-refractivity contribution is -0.385. The molecule has 9 heteroatoms. The Morgan fingerprint density at radius 3 is 2.50 bits per heavy atom. The van der Waals surface area contributed by atoms with Crippen molar-refractivity contribution in [3.63, 3.8) is 0 Å². The molecule has 0 spiro atoms. The molecule has 0 atom stereocenters. The van der Waals surface area contributed by atoms with E-state index >= 15 is 0 Å². The van der Waals surface area contributed by atoms with Crippen molar-refractivity contribution in [3.8, 4) is 0 Å². The summed E-state index contributed by atoms with van der Waals surface area (Å²) in [4.78, 5) is 21.4. The number of ether oxygens (including phenoxy) is 1. The molecule has 1 aromatic rings. The summed E-state index contributed by atoms with van der Waals surface area (Å²) in [6, 6.07) is 1.80. The van der Waals surface area contributed by atoms with Crippen molar-refractivity contribution in [2.24, 2.45) is 5.14 Å². The van der Waals surface area contributed by atoms with Gasteiger partial charge in [-0.2, -0.15) is 0 Å². The number of nitrogens with two attached hydrogens (primary N) is 1. The highest BCUT2D eigenvalue weighted by molar-refractivity contribution is 7.89. The van der Waals surface area contributed by atoms with E-state index in [2.05, 4.69) is 0 Å². The highest BCUT2D eigenvalue weighted by atomic mass is 32.2. The lowest BCUT2D eigenvalue weighted by Crippen LogP contribution is -2.16. The number of nitrogens with zero attached hydrogens (tertiary/aromatic N) is 1. The third kappa shape index (κ3) is 3.52. The van der Waals surface area contributed by atoms with Gasteiger partial charge in [0.15, 0.2) is 0 Å². The Morgan fingerprint density at radius 2 is 2.05 bits per heavy atom. The van der Waals surface area contributed by atoms with Gasteiger partial charge in [-0.3, -0.25) is 10.1 Å². The van der Waals surface area contributed by atoms with Crippen molar-refractivity contribution in [1.29, 1.82) is 0 Å². The number of primary sulfonamides is 1. The van der Waals surface area contributed by atoms with E-state index in [4.69, 9.17) is 9.88 Å². The zero-order valence-electron chi connectivity index (χ0n) is 11.0. The van der Waals surface area contributed by atoms with Crippen LogP contribution < -0.4 is 5.14 Å². The Labute approximate surface area is 115 Å². The van der Waals surface area contributed by atoms with Gasteiger partial charge in [0.1, 0.15) is 0 Å². The molecule has 0 radical (unpaired) electrons. The maximum atomic E-state index is 11.8. The summed E-state index contributed by atoms with van der Waals surface area (Å²) in [6.07, 6.45) is 0.571. The van der Waals surface area contributed by atoms with Crippen LogP contribution in [0, 0.1) is 17.0 Å². The number of nitro benzene ring substituents is 1. The third-order valence-corrected chi connectivity index (χ3v) is 3.43. The maximum absolute atomic E-state index is 11.8. The minimum absolute atomic E-state index is 0.0310. The van der Waals surface area contributed by atoms with Gasteiger partial charge in [0.05, 0.1) is 22.0 Å². The smallest absolute Gasteiger partial charge is 0.338 e. The molecule has 1 aromatic carbocycles. The molecule has 0 fully saturated rings. The van der Waals surface area contributed by atoms with E-state index in [1.807, 2.05) is 0 Å². The van der Waals surface area contributed by atoms with Gasteiger partial charge >= 0.3 is 5.97 Å². The molecule has 0 saturated heterocycles. The lowest BCUT2D eigenvalue weighted by Gasteiger charge is -2.08. The molecule has 0 saturated carbocycles. The van der Waals surface area contributed by atoms with Crippen molar-refractivity contribution in [3.05, 3.63) is 33.4 Å². The Bertz CT molecular complexity index is 653. The summed E-state index contributed by atoms with van der Waals surface area (Å²) in [5.41, 5.74) is -0.653. The van der Waals surface area contributed by atoms with Crippen LogP contribution in [0.3, 0.4) is 0 Å². The van der Waals surface area contributed by atoms with E-state index in [1.165, 1.54) is 6.92 Å². The Morgan fingerprint density at radius 1 is 1.45 bits per heavy atom. The van der Waals surface area contributed by atoms with Crippen molar-refractivity contribution in [1.82, 2.24) is 0 Å². The number of carbonyl (C=O) groups excluding carboxylic acids is 1. The van der Waals surface area contributed by atoms with E-state index in [1.54, 1.807) is 6.92 Å². The fourth-order valence-corrected chi connectivity index (χ4v) is 2.07. The van der Waals surface area contributed by atoms with Gasteiger partial charge in [0, 0.05) is 11.6 Å². The molecule has 2 N–H and O–H groups in total. The molecule has 1 rings (SSSR count). The van der Waals surface area contributed by atoms with Gasteiger partial charge in [-0.15, -0.1) is 0 Å². The summed E-state index contributed by atoms with van der Waals surface area (Å²) in [5.74, 6) is -0.821. The van der Waals surface area contributed by atoms with Gasteiger partial charge in [-0.25, -0.2) is 18.4 Å². The first-order chi connectivity index (χ1) is 9.18. The number of esters is 1. The molecule has 110 valence electrons. The molecule has 0 aliphatic heterocycles. The van der Waals surface area contributed by atoms with Crippen LogP contribution in [0.4, 0.5) is 5.69 Å². The molecule has 0 heterocycles. The molecule has 0 unspecified atom stereocenters. The molecule has 20 heavy (non-hydrogen) atoms. The van der Waals surface area contributed by atoms with Crippen LogP contribution in [0.2, 0.25) is 0 Å². The summed E-state index contributed by atoms with van der Waals surface area (Å²) in [5, 5.41) is 15.9. The SMILES string of the molecule is CCCOC(=O)c1cc(S(N)(=O)=O)cc([N+](=O)[O-])c1C. The van der Waals surface area contributed by atoms with Gasteiger partial charge in [-0.05, 0) is 19.4 Å². The van der Waals surface area contributed by atoms with Gasteiger partial charge < -0.3 is 4.74 Å². The molecule has 0 aromatic heterocycles. The van der Waals surface area contributed by atoms with E-state index in [9.17, 15) is 23.3 Å². The largest absolute Gasteiger partial charge is 0.462 e. The molecule has 0 bridgehead atoms. The van der Waals surface area contributed by atoms with E-state index in [-0.39, 0.29) is 17.7 Å². The second kappa shape index (κ2) is 5.97.